The first-order valence-corrected chi connectivity index (χ1v) is 28.7. The molecule has 0 saturated heterocycles. The number of esters is 3. The van der Waals surface area contributed by atoms with Crippen LogP contribution in [0.5, 0.6) is 0 Å². The van der Waals surface area contributed by atoms with Crippen molar-refractivity contribution in [3.8, 4) is 0 Å². The van der Waals surface area contributed by atoms with E-state index in [-0.39, 0.29) is 31.1 Å². The summed E-state index contributed by atoms with van der Waals surface area (Å²) in [7, 11) is 0. The van der Waals surface area contributed by atoms with Gasteiger partial charge in [0.25, 0.3) is 0 Å². The van der Waals surface area contributed by atoms with Crippen LogP contribution in [0.1, 0.15) is 265 Å². The highest BCUT2D eigenvalue weighted by Gasteiger charge is 2.19. The van der Waals surface area contributed by atoms with Gasteiger partial charge in [-0.15, -0.1) is 0 Å². The quantitative estimate of drug-likeness (QED) is 0.0262. The third-order valence-electron chi connectivity index (χ3n) is 12.1. The number of hydrogen-bond acceptors (Lipinski definition) is 6. The lowest BCUT2D eigenvalue weighted by Gasteiger charge is -2.18. The van der Waals surface area contributed by atoms with E-state index < -0.39 is 6.10 Å². The van der Waals surface area contributed by atoms with Gasteiger partial charge in [0.05, 0.1) is 0 Å². The SMILES string of the molecule is CC/C=C\C/C=C\C/C=C\C/C=C\C/C=C\CCCCCC(=O)OCC(COC(=O)CCCCCCCCCCCCCCCCCC)OC(=O)CCCCCCCC/C=C\C/C=C\C/C=C\CC. The van der Waals surface area contributed by atoms with Crippen LogP contribution in [0.3, 0.4) is 0 Å². The van der Waals surface area contributed by atoms with Crippen LogP contribution in [0.25, 0.3) is 0 Å². The molecular weight excluding hydrogens is 853 g/mol. The number of hydrogen-bond donors (Lipinski definition) is 0. The number of ether oxygens (including phenoxy) is 3. The molecule has 69 heavy (non-hydrogen) atoms. The van der Waals surface area contributed by atoms with Crippen LogP contribution >= 0.6 is 0 Å². The fourth-order valence-electron chi connectivity index (χ4n) is 7.84. The molecule has 0 aliphatic rings. The standard InChI is InChI=1S/C63H106O6/c1-4-7-10-13-16-19-22-25-28-31-32-33-36-38-41-44-47-50-53-56-62(65)68-59-60(69-63(66)57-54-51-48-45-42-39-35-30-27-24-21-18-15-12-9-6-3)58-67-61(64)55-52-49-46-43-40-37-34-29-26-23-20-17-14-11-8-5-2/h7,9-10,12,16,18-19,21,25,27-28,30,32-33,38,41,60H,4-6,8,11,13-15,17,20,22-24,26,29,31,34-37,39-40,42-59H2,1-3H3/b10-7-,12-9-,19-16-,21-18-,28-25-,30-27-,33-32-,41-38-. The number of unbranched alkanes of at least 4 members (excludes halogenated alkanes) is 24. The Kier molecular flexibility index (Phi) is 53.9. The van der Waals surface area contributed by atoms with E-state index in [2.05, 4.69) is 118 Å². The lowest BCUT2D eigenvalue weighted by molar-refractivity contribution is -0.167. The zero-order valence-corrected chi connectivity index (χ0v) is 45.0. The number of allylic oxidation sites excluding steroid dienone is 16. The Morgan fingerprint density at radius 3 is 0.899 bits per heavy atom. The zero-order chi connectivity index (χ0) is 50.0. The minimum Gasteiger partial charge on any atom is -0.462 e. The van der Waals surface area contributed by atoms with Gasteiger partial charge in [-0.1, -0.05) is 246 Å². The van der Waals surface area contributed by atoms with Crippen molar-refractivity contribution in [2.24, 2.45) is 0 Å². The van der Waals surface area contributed by atoms with Gasteiger partial charge in [0.15, 0.2) is 6.10 Å². The maximum atomic E-state index is 12.9. The zero-order valence-electron chi connectivity index (χ0n) is 45.0. The summed E-state index contributed by atoms with van der Waals surface area (Å²) in [5.74, 6) is -0.934. The summed E-state index contributed by atoms with van der Waals surface area (Å²) in [5.41, 5.74) is 0. The monoisotopic (exact) mass is 959 g/mol. The molecule has 0 spiro atoms. The van der Waals surface area contributed by atoms with Gasteiger partial charge >= 0.3 is 17.9 Å². The molecule has 0 heterocycles. The first-order chi connectivity index (χ1) is 34.0. The van der Waals surface area contributed by atoms with Gasteiger partial charge in [0, 0.05) is 19.3 Å². The molecule has 0 aliphatic carbocycles. The number of rotatable bonds is 51. The van der Waals surface area contributed by atoms with Gasteiger partial charge in [0.2, 0.25) is 0 Å². The molecule has 0 amide bonds. The molecular formula is C63H106O6. The van der Waals surface area contributed by atoms with E-state index in [4.69, 9.17) is 14.2 Å². The van der Waals surface area contributed by atoms with Crippen molar-refractivity contribution in [3.05, 3.63) is 97.2 Å². The first-order valence-electron chi connectivity index (χ1n) is 28.7. The molecule has 1 atom stereocenters. The van der Waals surface area contributed by atoms with E-state index in [0.717, 1.165) is 128 Å². The molecule has 0 radical (unpaired) electrons. The molecule has 0 saturated carbocycles. The third-order valence-corrected chi connectivity index (χ3v) is 12.1. The molecule has 394 valence electrons. The Balaban J connectivity index is 4.46. The van der Waals surface area contributed by atoms with Crippen molar-refractivity contribution in [1.29, 1.82) is 0 Å². The van der Waals surface area contributed by atoms with E-state index in [0.29, 0.717) is 19.3 Å². The highest BCUT2D eigenvalue weighted by atomic mass is 16.6. The second kappa shape index (κ2) is 56.9. The Labute approximate surface area is 426 Å². The predicted molar refractivity (Wildman–Crippen MR) is 297 cm³/mol. The average molecular weight is 960 g/mol. The Morgan fingerprint density at radius 1 is 0.304 bits per heavy atom. The minimum absolute atomic E-state index is 0.0923. The molecule has 0 aromatic carbocycles. The summed E-state index contributed by atoms with van der Waals surface area (Å²) in [5, 5.41) is 0. The van der Waals surface area contributed by atoms with E-state index >= 15 is 0 Å². The molecule has 0 rings (SSSR count). The van der Waals surface area contributed by atoms with Crippen LogP contribution in [0.15, 0.2) is 97.2 Å². The fourth-order valence-corrected chi connectivity index (χ4v) is 7.84. The van der Waals surface area contributed by atoms with Crippen LogP contribution in [0, 0.1) is 0 Å². The first kappa shape index (κ1) is 65.3. The molecule has 0 bridgehead atoms. The minimum atomic E-state index is -0.798. The lowest BCUT2D eigenvalue weighted by atomic mass is 10.0. The van der Waals surface area contributed by atoms with Gasteiger partial charge in [0.1, 0.15) is 13.2 Å². The van der Waals surface area contributed by atoms with E-state index in [1.807, 2.05) is 0 Å². The molecule has 6 heteroatoms. The van der Waals surface area contributed by atoms with Crippen LogP contribution in [0.4, 0.5) is 0 Å². The van der Waals surface area contributed by atoms with Gasteiger partial charge in [-0.05, 0) is 96.3 Å². The largest absolute Gasteiger partial charge is 0.462 e. The summed E-state index contributed by atoms with van der Waals surface area (Å²) < 4.78 is 16.8. The van der Waals surface area contributed by atoms with Crippen molar-refractivity contribution in [2.75, 3.05) is 13.2 Å². The van der Waals surface area contributed by atoms with Crippen molar-refractivity contribution in [3.63, 3.8) is 0 Å². The summed E-state index contributed by atoms with van der Waals surface area (Å²) in [6.45, 7) is 6.39. The Bertz CT molecular complexity index is 1380. The summed E-state index contributed by atoms with van der Waals surface area (Å²) in [6, 6.07) is 0. The van der Waals surface area contributed by atoms with Crippen LogP contribution < -0.4 is 0 Å². The van der Waals surface area contributed by atoms with Crippen LogP contribution in [-0.2, 0) is 28.6 Å². The predicted octanol–water partition coefficient (Wildman–Crippen LogP) is 19.3. The lowest BCUT2D eigenvalue weighted by Crippen LogP contribution is -2.30. The Morgan fingerprint density at radius 2 is 0.565 bits per heavy atom. The second-order valence-electron chi connectivity index (χ2n) is 18.8. The van der Waals surface area contributed by atoms with Crippen molar-refractivity contribution in [1.82, 2.24) is 0 Å². The van der Waals surface area contributed by atoms with Crippen LogP contribution in [0.2, 0.25) is 0 Å². The summed E-state index contributed by atoms with van der Waals surface area (Å²) in [6.07, 6.45) is 75.4. The van der Waals surface area contributed by atoms with Gasteiger partial charge in [-0.25, -0.2) is 0 Å². The number of carbonyl (C=O) groups is 3. The highest BCUT2D eigenvalue weighted by molar-refractivity contribution is 5.71. The molecule has 0 N–H and O–H groups in total. The second-order valence-corrected chi connectivity index (χ2v) is 18.8. The maximum Gasteiger partial charge on any atom is 0.306 e. The van der Waals surface area contributed by atoms with Gasteiger partial charge < -0.3 is 14.2 Å². The molecule has 1 unspecified atom stereocenters. The fraction of sp³-hybridized carbons (Fsp3) is 0.698. The number of carbonyl (C=O) groups excluding carboxylic acids is 3. The Hall–Kier alpha value is -3.67. The molecule has 0 aromatic rings. The van der Waals surface area contributed by atoms with Crippen molar-refractivity contribution >= 4 is 17.9 Å². The molecule has 0 fully saturated rings. The van der Waals surface area contributed by atoms with E-state index in [1.54, 1.807) is 0 Å². The summed E-state index contributed by atoms with van der Waals surface area (Å²) >= 11 is 0. The summed E-state index contributed by atoms with van der Waals surface area (Å²) in [4.78, 5) is 38.2. The highest BCUT2D eigenvalue weighted by Crippen LogP contribution is 2.15. The normalized spacial score (nSPS) is 12.8. The van der Waals surface area contributed by atoms with Crippen molar-refractivity contribution in [2.45, 2.75) is 271 Å². The topological polar surface area (TPSA) is 78.9 Å². The van der Waals surface area contributed by atoms with E-state index in [1.165, 1.54) is 96.3 Å². The molecule has 6 nitrogen and oxygen atoms in total. The maximum absolute atomic E-state index is 12.9. The van der Waals surface area contributed by atoms with Gasteiger partial charge in [-0.3, -0.25) is 14.4 Å². The third kappa shape index (κ3) is 55.1. The van der Waals surface area contributed by atoms with Gasteiger partial charge in [-0.2, -0.15) is 0 Å². The van der Waals surface area contributed by atoms with E-state index in [9.17, 15) is 14.4 Å². The van der Waals surface area contributed by atoms with Crippen molar-refractivity contribution < 1.29 is 28.6 Å². The molecule has 0 aliphatic heterocycles. The van der Waals surface area contributed by atoms with Crippen LogP contribution in [-0.4, -0.2) is 37.2 Å². The molecule has 0 aromatic heterocycles. The smallest absolute Gasteiger partial charge is 0.306 e. The average Bonchev–Trinajstić information content (AvgIpc) is 3.35.